The van der Waals surface area contributed by atoms with Gasteiger partial charge in [0.25, 0.3) is 0 Å². The van der Waals surface area contributed by atoms with Gasteiger partial charge in [0.2, 0.25) is 0 Å². The molecular formula is C14H8O2S4. The van der Waals surface area contributed by atoms with E-state index in [9.17, 15) is 9.59 Å². The molecule has 100 valence electrons. The van der Waals surface area contributed by atoms with Gasteiger partial charge >= 0.3 is 0 Å². The molecule has 0 saturated heterocycles. The molecule has 0 unspecified atom stereocenters. The van der Waals surface area contributed by atoms with Crippen molar-refractivity contribution in [2.45, 2.75) is 19.6 Å². The maximum Gasteiger partial charge on any atom is 0.195 e. The molecule has 20 heavy (non-hydrogen) atoms. The van der Waals surface area contributed by atoms with Gasteiger partial charge in [-0.3, -0.25) is 9.59 Å². The molecule has 1 aliphatic rings. The Hall–Kier alpha value is -0.820. The number of carbonyl (C=O) groups excluding carboxylic acids is 2. The van der Waals surface area contributed by atoms with Crippen LogP contribution in [-0.4, -0.2) is 11.6 Å². The summed E-state index contributed by atoms with van der Waals surface area (Å²) in [7, 11) is 0. The molecule has 0 heterocycles. The predicted molar refractivity (Wildman–Crippen MR) is 88.8 cm³/mol. The van der Waals surface area contributed by atoms with Crippen LogP contribution >= 0.6 is 50.5 Å². The zero-order chi connectivity index (χ0) is 14.6. The highest BCUT2D eigenvalue weighted by molar-refractivity contribution is 7.81. The number of hydrogen-bond donors (Lipinski definition) is 4. The number of benzene rings is 2. The Morgan fingerprint density at radius 3 is 1.30 bits per heavy atom. The number of ketones is 2. The van der Waals surface area contributed by atoms with Crippen LogP contribution in [0, 0.1) is 0 Å². The minimum Gasteiger partial charge on any atom is -0.289 e. The summed E-state index contributed by atoms with van der Waals surface area (Å²) in [6, 6.07) is 6.47. The van der Waals surface area contributed by atoms with Crippen molar-refractivity contribution in [3.05, 3.63) is 46.5 Å². The minimum atomic E-state index is -0.237. The Labute approximate surface area is 137 Å². The summed E-state index contributed by atoms with van der Waals surface area (Å²) in [6.45, 7) is 0. The van der Waals surface area contributed by atoms with Crippen molar-refractivity contribution in [3.8, 4) is 0 Å². The van der Waals surface area contributed by atoms with Gasteiger partial charge in [-0.2, -0.15) is 0 Å². The summed E-state index contributed by atoms with van der Waals surface area (Å²) in [6.07, 6.45) is 0. The summed E-state index contributed by atoms with van der Waals surface area (Å²) in [5.74, 6) is -0.474. The molecule has 0 aromatic heterocycles. The molecule has 0 atom stereocenters. The van der Waals surface area contributed by atoms with Crippen LogP contribution in [0.4, 0.5) is 0 Å². The van der Waals surface area contributed by atoms with Crippen LogP contribution in [0.2, 0.25) is 0 Å². The van der Waals surface area contributed by atoms with Crippen LogP contribution in [0.1, 0.15) is 31.8 Å². The average Bonchev–Trinajstić information content (AvgIpc) is 2.34. The molecule has 0 spiro atoms. The first-order valence-corrected chi connectivity index (χ1v) is 7.40. The maximum atomic E-state index is 12.6. The summed E-state index contributed by atoms with van der Waals surface area (Å²) in [5, 5.41) is 0. The molecule has 0 saturated carbocycles. The van der Waals surface area contributed by atoms with Crippen molar-refractivity contribution in [1.82, 2.24) is 0 Å². The second kappa shape index (κ2) is 4.87. The molecule has 0 fully saturated rings. The van der Waals surface area contributed by atoms with E-state index in [1.807, 2.05) is 0 Å². The Bertz CT molecular complexity index is 729. The Balaban J connectivity index is 2.40. The van der Waals surface area contributed by atoms with E-state index in [-0.39, 0.29) is 11.6 Å². The lowest BCUT2D eigenvalue weighted by Crippen LogP contribution is -2.22. The average molecular weight is 336 g/mol. The molecule has 6 heteroatoms. The van der Waals surface area contributed by atoms with Crippen molar-refractivity contribution >= 4 is 62.1 Å². The molecule has 2 aromatic carbocycles. The van der Waals surface area contributed by atoms with Gasteiger partial charge in [-0.15, -0.1) is 50.5 Å². The van der Waals surface area contributed by atoms with Crippen LogP contribution in [0.25, 0.3) is 0 Å². The fourth-order valence-corrected chi connectivity index (χ4v) is 3.77. The van der Waals surface area contributed by atoms with Crippen LogP contribution in [0.3, 0.4) is 0 Å². The molecule has 1 aliphatic carbocycles. The number of carbonyl (C=O) groups is 2. The lowest BCUT2D eigenvalue weighted by Gasteiger charge is -2.21. The van der Waals surface area contributed by atoms with Crippen molar-refractivity contribution < 1.29 is 9.59 Å². The van der Waals surface area contributed by atoms with Gasteiger partial charge in [-0.25, -0.2) is 0 Å². The summed E-state index contributed by atoms with van der Waals surface area (Å²) in [4.78, 5) is 27.3. The quantitative estimate of drug-likeness (QED) is 0.473. The second-order valence-electron chi connectivity index (χ2n) is 4.43. The van der Waals surface area contributed by atoms with Gasteiger partial charge in [-0.1, -0.05) is 0 Å². The van der Waals surface area contributed by atoms with Gasteiger partial charge in [0.1, 0.15) is 0 Å². The van der Waals surface area contributed by atoms with Crippen molar-refractivity contribution in [2.24, 2.45) is 0 Å². The van der Waals surface area contributed by atoms with Crippen molar-refractivity contribution in [2.75, 3.05) is 0 Å². The Kier molecular flexibility index (Phi) is 3.44. The van der Waals surface area contributed by atoms with E-state index in [0.717, 1.165) is 0 Å². The first kappa shape index (κ1) is 14.1. The minimum absolute atomic E-state index is 0.237. The number of fused-ring (bicyclic) bond motifs is 2. The molecule has 0 bridgehead atoms. The Morgan fingerprint density at radius 1 is 0.600 bits per heavy atom. The number of rotatable bonds is 0. The topological polar surface area (TPSA) is 34.1 Å². The Morgan fingerprint density at radius 2 is 0.950 bits per heavy atom. The molecule has 2 nitrogen and oxygen atoms in total. The number of thiol groups is 4. The first-order chi connectivity index (χ1) is 9.40. The summed E-state index contributed by atoms with van der Waals surface area (Å²) < 4.78 is 0. The van der Waals surface area contributed by atoms with E-state index >= 15 is 0 Å². The largest absolute Gasteiger partial charge is 0.289 e. The molecular weight excluding hydrogens is 328 g/mol. The van der Waals surface area contributed by atoms with Crippen LogP contribution in [0.15, 0.2) is 43.8 Å². The summed E-state index contributed by atoms with van der Waals surface area (Å²) in [5.41, 5.74) is 1.27. The van der Waals surface area contributed by atoms with Crippen molar-refractivity contribution in [1.29, 1.82) is 0 Å². The zero-order valence-corrected chi connectivity index (χ0v) is 13.5. The third-order valence-corrected chi connectivity index (χ3v) is 4.37. The van der Waals surface area contributed by atoms with Gasteiger partial charge in [0.15, 0.2) is 11.6 Å². The van der Waals surface area contributed by atoms with Gasteiger partial charge in [0, 0.05) is 41.8 Å². The van der Waals surface area contributed by atoms with E-state index in [1.54, 1.807) is 24.3 Å². The van der Waals surface area contributed by atoms with E-state index in [1.165, 1.54) is 0 Å². The van der Waals surface area contributed by atoms with Crippen LogP contribution < -0.4 is 0 Å². The summed E-state index contributed by atoms with van der Waals surface area (Å²) >= 11 is 17.0. The molecule has 0 N–H and O–H groups in total. The van der Waals surface area contributed by atoms with Gasteiger partial charge < -0.3 is 0 Å². The monoisotopic (exact) mass is 336 g/mol. The molecule has 0 aliphatic heterocycles. The van der Waals surface area contributed by atoms with Gasteiger partial charge in [0.05, 0.1) is 0 Å². The van der Waals surface area contributed by atoms with E-state index in [2.05, 4.69) is 50.5 Å². The third-order valence-electron chi connectivity index (χ3n) is 3.15. The number of hydrogen-bond acceptors (Lipinski definition) is 6. The zero-order valence-electron chi connectivity index (χ0n) is 9.91. The van der Waals surface area contributed by atoms with Crippen LogP contribution in [0.5, 0.6) is 0 Å². The van der Waals surface area contributed by atoms with Crippen LogP contribution in [-0.2, 0) is 0 Å². The molecule has 0 radical (unpaired) electrons. The smallest absolute Gasteiger partial charge is 0.195 e. The predicted octanol–water partition coefficient (Wildman–Crippen LogP) is 3.62. The highest BCUT2D eigenvalue weighted by Crippen LogP contribution is 2.36. The third kappa shape index (κ3) is 2.02. The standard InChI is InChI=1S/C14H8O2S4/c15-13-7-1-5(17)3-9(19)11(7)14(16)8-2-6(18)4-10(20)12(8)13/h1-4,17-20H. The molecule has 0 amide bonds. The first-order valence-electron chi connectivity index (χ1n) is 5.61. The van der Waals surface area contributed by atoms with E-state index < -0.39 is 0 Å². The normalized spacial score (nSPS) is 13.2. The lowest BCUT2D eigenvalue weighted by atomic mass is 9.84. The van der Waals surface area contributed by atoms with Crippen molar-refractivity contribution in [3.63, 3.8) is 0 Å². The van der Waals surface area contributed by atoms with E-state index in [4.69, 9.17) is 0 Å². The molecule has 2 aromatic rings. The highest BCUT2D eigenvalue weighted by Gasteiger charge is 2.33. The highest BCUT2D eigenvalue weighted by atomic mass is 32.1. The fraction of sp³-hybridized carbons (Fsp3) is 0. The fourth-order valence-electron chi connectivity index (χ4n) is 2.33. The van der Waals surface area contributed by atoms with Gasteiger partial charge in [-0.05, 0) is 24.3 Å². The van der Waals surface area contributed by atoms with E-state index in [0.29, 0.717) is 41.8 Å². The molecule has 3 rings (SSSR count). The second-order valence-corrected chi connectivity index (χ2v) is 6.43. The lowest BCUT2D eigenvalue weighted by molar-refractivity contribution is 0.0974. The SMILES string of the molecule is O=C1c2cc(S)cc(S)c2C(=O)c2cc(S)cc(S)c21. The maximum absolute atomic E-state index is 12.6.